The summed E-state index contributed by atoms with van der Waals surface area (Å²) in [5, 5.41) is 0.826. The lowest BCUT2D eigenvalue weighted by Crippen LogP contribution is -2.20. The zero-order valence-corrected chi connectivity index (χ0v) is 15.7. The molecule has 2 aromatic rings. The second-order valence-corrected chi connectivity index (χ2v) is 6.64. The van der Waals surface area contributed by atoms with Crippen LogP contribution in [0.5, 0.6) is 17.2 Å². The molecule has 1 aliphatic heterocycles. The van der Waals surface area contributed by atoms with Gasteiger partial charge in [-0.3, -0.25) is 0 Å². The first-order valence-electron chi connectivity index (χ1n) is 8.45. The van der Waals surface area contributed by atoms with Crippen LogP contribution in [0, 0.1) is 0 Å². The number of benzene rings is 2. The minimum atomic E-state index is 0.386. The average Bonchev–Trinajstić information content (AvgIpc) is 2.83. The second-order valence-electron chi connectivity index (χ2n) is 6.24. The molecule has 0 aromatic heterocycles. The largest absolute Gasteiger partial charge is 0.496 e. The Labute approximate surface area is 154 Å². The van der Waals surface area contributed by atoms with Gasteiger partial charge >= 0.3 is 0 Å². The maximum absolute atomic E-state index is 6.43. The normalized spacial score (nSPS) is 14.6. The Morgan fingerprint density at radius 2 is 1.56 bits per heavy atom. The molecule has 0 fully saturated rings. The van der Waals surface area contributed by atoms with Crippen LogP contribution < -0.4 is 14.2 Å². The fourth-order valence-corrected chi connectivity index (χ4v) is 3.53. The molecule has 0 aliphatic carbocycles. The van der Waals surface area contributed by atoms with Gasteiger partial charge in [0.25, 0.3) is 0 Å². The Morgan fingerprint density at radius 1 is 0.920 bits per heavy atom. The summed E-state index contributed by atoms with van der Waals surface area (Å²) in [6.45, 7) is 2.40. The van der Waals surface area contributed by atoms with Gasteiger partial charge in [-0.2, -0.15) is 0 Å². The fraction of sp³-hybridized carbons (Fsp3) is 0.400. The van der Waals surface area contributed by atoms with Crippen molar-refractivity contribution in [1.82, 2.24) is 4.90 Å². The lowest BCUT2D eigenvalue weighted by Gasteiger charge is -2.17. The highest BCUT2D eigenvalue weighted by Gasteiger charge is 2.19. The van der Waals surface area contributed by atoms with E-state index < -0.39 is 0 Å². The average molecular weight is 362 g/mol. The Kier molecular flexibility index (Phi) is 5.71. The van der Waals surface area contributed by atoms with E-state index in [9.17, 15) is 0 Å². The lowest BCUT2D eigenvalue weighted by atomic mass is 10.0. The zero-order valence-electron chi connectivity index (χ0n) is 15.0. The Balaban J connectivity index is 1.88. The molecule has 0 amide bonds. The summed E-state index contributed by atoms with van der Waals surface area (Å²) >= 11 is 6.43. The molecule has 0 bridgehead atoms. The molecule has 0 atom stereocenters. The molecule has 0 spiro atoms. The summed E-state index contributed by atoms with van der Waals surface area (Å²) in [6.07, 6.45) is 1.88. The number of rotatable bonds is 5. The number of fused-ring (bicyclic) bond motifs is 1. The third kappa shape index (κ3) is 3.86. The van der Waals surface area contributed by atoms with Crippen molar-refractivity contribution in [3.63, 3.8) is 0 Å². The van der Waals surface area contributed by atoms with Gasteiger partial charge in [-0.25, -0.2) is 0 Å². The van der Waals surface area contributed by atoms with E-state index in [1.807, 2.05) is 30.3 Å². The molecular formula is C20H24ClNO3. The summed E-state index contributed by atoms with van der Waals surface area (Å²) in [5.74, 6) is 2.42. The van der Waals surface area contributed by atoms with Crippen LogP contribution in [0.1, 0.15) is 16.7 Å². The Hall–Kier alpha value is -1.91. The highest BCUT2D eigenvalue weighted by molar-refractivity contribution is 6.31. The van der Waals surface area contributed by atoms with E-state index in [-0.39, 0.29) is 0 Å². The van der Waals surface area contributed by atoms with Crippen molar-refractivity contribution in [2.24, 2.45) is 0 Å². The van der Waals surface area contributed by atoms with Gasteiger partial charge in [0, 0.05) is 23.7 Å². The molecule has 2 aromatic carbocycles. The minimum Gasteiger partial charge on any atom is -0.496 e. The molecule has 134 valence electrons. The Morgan fingerprint density at radius 3 is 2.20 bits per heavy atom. The van der Waals surface area contributed by atoms with Crippen LogP contribution in [0.3, 0.4) is 0 Å². The van der Waals surface area contributed by atoms with Crippen molar-refractivity contribution < 1.29 is 14.2 Å². The van der Waals surface area contributed by atoms with Gasteiger partial charge in [0.05, 0.1) is 19.8 Å². The summed E-state index contributed by atoms with van der Waals surface area (Å²) in [4.78, 5) is 2.32. The van der Waals surface area contributed by atoms with E-state index in [4.69, 9.17) is 25.8 Å². The maximum Gasteiger partial charge on any atom is 0.129 e. The van der Waals surface area contributed by atoms with Gasteiger partial charge < -0.3 is 19.1 Å². The molecule has 4 nitrogen and oxygen atoms in total. The van der Waals surface area contributed by atoms with Crippen LogP contribution in [-0.4, -0.2) is 39.3 Å². The molecule has 3 rings (SSSR count). The van der Waals surface area contributed by atoms with Crippen molar-refractivity contribution in [2.75, 3.05) is 34.4 Å². The fourth-order valence-electron chi connectivity index (χ4n) is 3.26. The maximum atomic E-state index is 6.43. The van der Waals surface area contributed by atoms with Gasteiger partial charge in [-0.05, 0) is 49.7 Å². The second kappa shape index (κ2) is 7.98. The van der Waals surface area contributed by atoms with Crippen LogP contribution in [0.15, 0.2) is 30.3 Å². The van der Waals surface area contributed by atoms with Crippen LogP contribution in [0.2, 0.25) is 5.02 Å². The van der Waals surface area contributed by atoms with Gasteiger partial charge in [-0.1, -0.05) is 17.7 Å². The van der Waals surface area contributed by atoms with E-state index in [0.717, 1.165) is 53.8 Å². The first-order chi connectivity index (χ1) is 12.1. The lowest BCUT2D eigenvalue weighted by molar-refractivity contribution is 0.283. The number of likely N-dealkylation sites (N-methyl/N-ethyl adjacent to an activating group) is 1. The van der Waals surface area contributed by atoms with E-state index in [2.05, 4.69) is 11.9 Å². The number of hydrogen-bond donors (Lipinski definition) is 0. The SMILES string of the molecule is COc1cccc(OC)c1COc1ccc(Cl)c2c1CCN(C)CC2. The molecule has 1 heterocycles. The first kappa shape index (κ1) is 17.9. The monoisotopic (exact) mass is 361 g/mol. The van der Waals surface area contributed by atoms with Crippen LogP contribution in [0.4, 0.5) is 0 Å². The molecule has 0 saturated carbocycles. The predicted molar refractivity (Wildman–Crippen MR) is 100 cm³/mol. The third-order valence-electron chi connectivity index (χ3n) is 4.72. The smallest absolute Gasteiger partial charge is 0.129 e. The predicted octanol–water partition coefficient (Wildman–Crippen LogP) is 3.97. The molecule has 1 aliphatic rings. The molecule has 0 saturated heterocycles. The van der Waals surface area contributed by atoms with Crippen LogP contribution >= 0.6 is 11.6 Å². The van der Waals surface area contributed by atoms with Crippen molar-refractivity contribution in [2.45, 2.75) is 19.4 Å². The third-order valence-corrected chi connectivity index (χ3v) is 5.07. The van der Waals surface area contributed by atoms with Gasteiger partial charge in [0.1, 0.15) is 23.9 Å². The molecule has 0 N–H and O–H groups in total. The quantitative estimate of drug-likeness (QED) is 0.806. The summed E-state index contributed by atoms with van der Waals surface area (Å²) in [6, 6.07) is 9.64. The minimum absolute atomic E-state index is 0.386. The van der Waals surface area contributed by atoms with Crippen molar-refractivity contribution in [1.29, 1.82) is 0 Å². The highest BCUT2D eigenvalue weighted by atomic mass is 35.5. The van der Waals surface area contributed by atoms with Crippen LogP contribution in [-0.2, 0) is 19.4 Å². The van der Waals surface area contributed by atoms with E-state index in [1.54, 1.807) is 14.2 Å². The number of ether oxygens (including phenoxy) is 3. The highest BCUT2D eigenvalue weighted by Crippen LogP contribution is 2.34. The summed E-state index contributed by atoms with van der Waals surface area (Å²) in [5.41, 5.74) is 3.32. The summed E-state index contributed by atoms with van der Waals surface area (Å²) < 4.78 is 17.1. The van der Waals surface area contributed by atoms with Gasteiger partial charge in [0.2, 0.25) is 0 Å². The molecule has 0 radical (unpaired) electrons. The van der Waals surface area contributed by atoms with Crippen LogP contribution in [0.25, 0.3) is 0 Å². The zero-order chi connectivity index (χ0) is 17.8. The van der Waals surface area contributed by atoms with E-state index in [1.165, 1.54) is 11.1 Å². The molecular weight excluding hydrogens is 338 g/mol. The van der Waals surface area contributed by atoms with Gasteiger partial charge in [-0.15, -0.1) is 0 Å². The van der Waals surface area contributed by atoms with E-state index in [0.29, 0.717) is 6.61 Å². The molecule has 25 heavy (non-hydrogen) atoms. The van der Waals surface area contributed by atoms with Crippen molar-refractivity contribution in [3.8, 4) is 17.2 Å². The molecule has 5 heteroatoms. The topological polar surface area (TPSA) is 30.9 Å². The van der Waals surface area contributed by atoms with Crippen molar-refractivity contribution >= 4 is 11.6 Å². The van der Waals surface area contributed by atoms with Gasteiger partial charge in [0.15, 0.2) is 0 Å². The number of halogens is 1. The van der Waals surface area contributed by atoms with Crippen molar-refractivity contribution in [3.05, 3.63) is 52.0 Å². The number of hydrogen-bond acceptors (Lipinski definition) is 4. The Bertz CT molecular complexity index is 726. The number of methoxy groups -OCH3 is 2. The van der Waals surface area contributed by atoms with E-state index >= 15 is 0 Å². The molecule has 0 unspecified atom stereocenters. The summed E-state index contributed by atoms with van der Waals surface area (Å²) in [7, 11) is 5.45. The first-order valence-corrected chi connectivity index (χ1v) is 8.83. The number of nitrogens with zero attached hydrogens (tertiary/aromatic N) is 1. The standard InChI is InChI=1S/C20H24ClNO3/c1-22-11-9-14-15(10-12-22)20(8-7-17(14)21)25-13-16-18(23-2)5-4-6-19(16)24-3/h4-8H,9-13H2,1-3H3.